The zero-order valence-corrected chi connectivity index (χ0v) is 19.1. The number of hydrogen-bond donors (Lipinski definition) is 2. The number of rotatable bonds is 5. The summed E-state index contributed by atoms with van der Waals surface area (Å²) in [5, 5.41) is 14.8. The Hall–Kier alpha value is -3.35. The number of anilines is 3. The molecule has 2 N–H and O–H groups in total. The second-order valence-electron chi connectivity index (χ2n) is 9.00. The molecular formula is C26H31N5O2. The maximum atomic E-state index is 11.9. The van der Waals surface area contributed by atoms with Crippen molar-refractivity contribution in [3.05, 3.63) is 48.2 Å². The van der Waals surface area contributed by atoms with E-state index in [4.69, 9.17) is 4.98 Å². The summed E-state index contributed by atoms with van der Waals surface area (Å²) < 4.78 is 0. The maximum absolute atomic E-state index is 11.9. The molecule has 1 aliphatic carbocycles. The molecular weight excluding hydrogens is 414 g/mol. The molecule has 2 aromatic carbocycles. The van der Waals surface area contributed by atoms with E-state index in [0.29, 0.717) is 24.0 Å². The van der Waals surface area contributed by atoms with E-state index in [-0.39, 0.29) is 5.91 Å². The number of aromatic nitrogens is 2. The van der Waals surface area contributed by atoms with E-state index in [1.165, 1.54) is 12.8 Å². The van der Waals surface area contributed by atoms with Gasteiger partial charge in [0.2, 0.25) is 11.9 Å². The van der Waals surface area contributed by atoms with Crippen LogP contribution in [0.5, 0.6) is 5.75 Å². The minimum absolute atomic E-state index is 0.231. The Morgan fingerprint density at radius 2 is 1.79 bits per heavy atom. The first-order valence-electron chi connectivity index (χ1n) is 12.0. The summed E-state index contributed by atoms with van der Waals surface area (Å²) in [7, 11) is 0. The lowest BCUT2D eigenvalue weighted by atomic mass is 9.94. The average molecular weight is 446 g/mol. The highest BCUT2D eigenvalue weighted by atomic mass is 16.3. The van der Waals surface area contributed by atoms with Gasteiger partial charge in [0.05, 0.1) is 5.52 Å². The molecule has 2 aliphatic rings. The lowest BCUT2D eigenvalue weighted by Gasteiger charge is -2.36. The number of hydrogen-bond acceptors (Lipinski definition) is 6. The number of carbonyl (C=O) groups excluding carboxylic acids is 1. The molecule has 0 spiro atoms. The van der Waals surface area contributed by atoms with Crippen LogP contribution in [0.2, 0.25) is 0 Å². The molecule has 7 nitrogen and oxygen atoms in total. The molecule has 3 aromatic rings. The highest BCUT2D eigenvalue weighted by Crippen LogP contribution is 2.41. The molecule has 1 amide bonds. The van der Waals surface area contributed by atoms with Gasteiger partial charge in [-0.3, -0.25) is 4.79 Å². The Balaban J connectivity index is 1.31. The Labute approximate surface area is 194 Å². The van der Waals surface area contributed by atoms with Crippen molar-refractivity contribution in [2.75, 3.05) is 36.4 Å². The quantitative estimate of drug-likeness (QED) is 0.587. The highest BCUT2D eigenvalue weighted by Gasteiger charge is 2.24. The molecule has 1 saturated heterocycles. The molecule has 172 valence electrons. The molecule has 0 bridgehead atoms. The molecule has 0 atom stereocenters. The fourth-order valence-corrected chi connectivity index (χ4v) is 5.11. The lowest BCUT2D eigenvalue weighted by molar-refractivity contribution is -0.131. The number of benzene rings is 2. The molecule has 1 saturated carbocycles. The van der Waals surface area contributed by atoms with Crippen molar-refractivity contribution < 1.29 is 9.90 Å². The Kier molecular flexibility index (Phi) is 6.03. The molecule has 2 heterocycles. The van der Waals surface area contributed by atoms with Crippen LogP contribution in [-0.2, 0) is 4.79 Å². The van der Waals surface area contributed by atoms with Crippen molar-refractivity contribution in [2.24, 2.45) is 0 Å². The van der Waals surface area contributed by atoms with Crippen LogP contribution in [0.15, 0.2) is 42.6 Å². The number of piperazine rings is 1. The number of phenolic OH excluding ortho intramolecular Hbond substituents is 1. The van der Waals surface area contributed by atoms with Crippen LogP contribution in [0.1, 0.15) is 50.5 Å². The van der Waals surface area contributed by atoms with Crippen LogP contribution >= 0.6 is 0 Å². The predicted octanol–water partition coefficient (Wildman–Crippen LogP) is 4.80. The number of carbonyl (C=O) groups is 1. The van der Waals surface area contributed by atoms with Crippen molar-refractivity contribution >= 4 is 34.1 Å². The van der Waals surface area contributed by atoms with E-state index >= 15 is 0 Å². The number of phenols is 1. The van der Waals surface area contributed by atoms with Crippen molar-refractivity contribution in [3.8, 4) is 5.75 Å². The van der Waals surface area contributed by atoms with Gasteiger partial charge in [-0.15, -0.1) is 0 Å². The van der Waals surface area contributed by atoms with Crippen molar-refractivity contribution in [2.45, 2.75) is 44.9 Å². The number of aromatic hydroxyl groups is 1. The third-order valence-electron chi connectivity index (χ3n) is 6.96. The van der Waals surface area contributed by atoms with Gasteiger partial charge in [-0.05, 0) is 55.2 Å². The zero-order valence-electron chi connectivity index (χ0n) is 19.1. The predicted molar refractivity (Wildman–Crippen MR) is 131 cm³/mol. The fraction of sp³-hybridized carbons (Fsp3) is 0.423. The van der Waals surface area contributed by atoms with E-state index in [1.54, 1.807) is 6.07 Å². The number of fused-ring (bicyclic) bond motifs is 1. The minimum Gasteiger partial charge on any atom is -0.508 e. The lowest BCUT2D eigenvalue weighted by Crippen LogP contribution is -2.48. The second-order valence-corrected chi connectivity index (χ2v) is 9.00. The van der Waals surface area contributed by atoms with Crippen molar-refractivity contribution in [1.29, 1.82) is 0 Å². The Morgan fingerprint density at radius 3 is 2.48 bits per heavy atom. The van der Waals surface area contributed by atoms with Crippen LogP contribution in [0, 0.1) is 0 Å². The van der Waals surface area contributed by atoms with Gasteiger partial charge in [-0.2, -0.15) is 0 Å². The smallest absolute Gasteiger partial charge is 0.227 e. The third kappa shape index (κ3) is 4.45. The van der Waals surface area contributed by atoms with Gasteiger partial charge in [0, 0.05) is 61.1 Å². The van der Waals surface area contributed by atoms with Gasteiger partial charge in [0.1, 0.15) is 5.75 Å². The SMILES string of the molecule is CCC(=O)N1CCN(c2ccc(Nc3ncc4ccc(O)c(C5CCCC5)c4n3)cc2)CC1. The molecule has 0 unspecified atom stereocenters. The summed E-state index contributed by atoms with van der Waals surface area (Å²) in [6.07, 6.45) is 7.00. The molecule has 33 heavy (non-hydrogen) atoms. The maximum Gasteiger partial charge on any atom is 0.227 e. The Bertz CT molecular complexity index is 1130. The number of nitrogens with zero attached hydrogens (tertiary/aromatic N) is 4. The van der Waals surface area contributed by atoms with Gasteiger partial charge in [0.25, 0.3) is 0 Å². The Morgan fingerprint density at radius 1 is 1.06 bits per heavy atom. The van der Waals surface area contributed by atoms with Gasteiger partial charge < -0.3 is 20.2 Å². The van der Waals surface area contributed by atoms with E-state index in [1.807, 2.05) is 36.2 Å². The van der Waals surface area contributed by atoms with Gasteiger partial charge in [-0.1, -0.05) is 19.8 Å². The van der Waals surface area contributed by atoms with Crippen LogP contribution in [0.3, 0.4) is 0 Å². The van der Waals surface area contributed by atoms with E-state index in [2.05, 4.69) is 27.3 Å². The zero-order chi connectivity index (χ0) is 22.8. The number of nitrogens with one attached hydrogen (secondary N) is 1. The molecule has 0 radical (unpaired) electrons. The van der Waals surface area contributed by atoms with Crippen LogP contribution < -0.4 is 10.2 Å². The van der Waals surface area contributed by atoms with E-state index in [9.17, 15) is 9.90 Å². The fourth-order valence-electron chi connectivity index (χ4n) is 5.11. The molecule has 7 heteroatoms. The monoisotopic (exact) mass is 445 g/mol. The largest absolute Gasteiger partial charge is 0.508 e. The number of amides is 1. The summed E-state index contributed by atoms with van der Waals surface area (Å²) in [4.78, 5) is 25.4. The summed E-state index contributed by atoms with van der Waals surface area (Å²) in [6.45, 7) is 5.15. The first-order chi connectivity index (χ1) is 16.1. The standard InChI is InChI=1S/C26H31N5O2/c1-2-23(33)31-15-13-30(14-16-31)21-10-8-20(9-11-21)28-26-27-17-19-7-12-22(32)24(25(19)29-26)18-5-3-4-6-18/h7-12,17-18,32H,2-6,13-16H2,1H3,(H,27,28,29). The average Bonchev–Trinajstić information content (AvgIpc) is 3.38. The summed E-state index contributed by atoms with van der Waals surface area (Å²) in [5.74, 6) is 1.47. The van der Waals surface area contributed by atoms with Crippen molar-refractivity contribution in [3.63, 3.8) is 0 Å². The van der Waals surface area contributed by atoms with E-state index in [0.717, 1.165) is 66.9 Å². The normalized spacial score (nSPS) is 17.0. The molecule has 1 aliphatic heterocycles. The first kappa shape index (κ1) is 21.5. The van der Waals surface area contributed by atoms with Gasteiger partial charge in [0.15, 0.2) is 0 Å². The van der Waals surface area contributed by atoms with Gasteiger partial charge in [-0.25, -0.2) is 9.97 Å². The van der Waals surface area contributed by atoms with Crippen LogP contribution in [0.4, 0.5) is 17.3 Å². The topological polar surface area (TPSA) is 81.6 Å². The van der Waals surface area contributed by atoms with Crippen LogP contribution in [0.25, 0.3) is 10.9 Å². The summed E-state index contributed by atoms with van der Waals surface area (Å²) in [6, 6.07) is 11.9. The second kappa shape index (κ2) is 9.25. The molecule has 2 fully saturated rings. The van der Waals surface area contributed by atoms with Gasteiger partial charge >= 0.3 is 0 Å². The van der Waals surface area contributed by atoms with Crippen LogP contribution in [-0.4, -0.2) is 52.1 Å². The molecule has 1 aromatic heterocycles. The van der Waals surface area contributed by atoms with Crippen molar-refractivity contribution in [1.82, 2.24) is 14.9 Å². The summed E-state index contributed by atoms with van der Waals surface area (Å²) in [5.41, 5.74) is 3.87. The molecule has 5 rings (SSSR count). The third-order valence-corrected chi connectivity index (χ3v) is 6.96. The summed E-state index contributed by atoms with van der Waals surface area (Å²) >= 11 is 0. The minimum atomic E-state index is 0.231. The highest BCUT2D eigenvalue weighted by molar-refractivity contribution is 5.85. The first-order valence-corrected chi connectivity index (χ1v) is 12.0. The van der Waals surface area contributed by atoms with E-state index < -0.39 is 0 Å².